The summed E-state index contributed by atoms with van der Waals surface area (Å²) in [6, 6.07) is 0. The molecule has 0 amide bonds. The third-order valence-corrected chi connectivity index (χ3v) is 3.08. The normalized spacial score (nSPS) is 19.8. The molecule has 78 valence electrons. The predicted molar refractivity (Wildman–Crippen MR) is 56.0 cm³/mol. The van der Waals surface area contributed by atoms with Crippen molar-refractivity contribution in [2.45, 2.75) is 51.5 Å². The lowest BCUT2D eigenvalue weighted by Gasteiger charge is -2.42. The standard InChI is InChI=1S/C11H23NO/c1-3-9-13-10-8-12-11(4-2)6-5-7-11/h12H,3-10H2,1-2H3. The number of nitrogens with one attached hydrogen (secondary N) is 1. The summed E-state index contributed by atoms with van der Waals surface area (Å²) >= 11 is 0. The van der Waals surface area contributed by atoms with Crippen molar-refractivity contribution in [3.63, 3.8) is 0 Å². The molecule has 1 saturated carbocycles. The Balaban J connectivity index is 1.98. The van der Waals surface area contributed by atoms with Crippen LogP contribution in [0.4, 0.5) is 0 Å². The van der Waals surface area contributed by atoms with Crippen LogP contribution in [0.15, 0.2) is 0 Å². The minimum Gasteiger partial charge on any atom is -0.380 e. The Morgan fingerprint density at radius 1 is 1.23 bits per heavy atom. The van der Waals surface area contributed by atoms with Gasteiger partial charge in [-0.2, -0.15) is 0 Å². The van der Waals surface area contributed by atoms with Crippen molar-refractivity contribution in [3.05, 3.63) is 0 Å². The van der Waals surface area contributed by atoms with Crippen LogP contribution in [0.5, 0.6) is 0 Å². The van der Waals surface area contributed by atoms with Gasteiger partial charge in [0.25, 0.3) is 0 Å². The second kappa shape index (κ2) is 5.61. The minimum absolute atomic E-state index is 0.482. The minimum atomic E-state index is 0.482. The summed E-state index contributed by atoms with van der Waals surface area (Å²) in [5, 5.41) is 3.62. The fraction of sp³-hybridized carbons (Fsp3) is 1.00. The van der Waals surface area contributed by atoms with E-state index in [1.807, 2.05) is 0 Å². The van der Waals surface area contributed by atoms with Crippen LogP contribution in [0.25, 0.3) is 0 Å². The lowest BCUT2D eigenvalue weighted by molar-refractivity contribution is 0.110. The van der Waals surface area contributed by atoms with Gasteiger partial charge in [0.1, 0.15) is 0 Å². The molecule has 1 N–H and O–H groups in total. The summed E-state index contributed by atoms with van der Waals surface area (Å²) in [6.45, 7) is 7.22. The molecule has 0 unspecified atom stereocenters. The van der Waals surface area contributed by atoms with Crippen LogP contribution in [0, 0.1) is 0 Å². The zero-order chi connectivity index (χ0) is 9.57. The van der Waals surface area contributed by atoms with E-state index in [2.05, 4.69) is 19.2 Å². The quantitative estimate of drug-likeness (QED) is 0.615. The highest BCUT2D eigenvalue weighted by molar-refractivity contribution is 4.94. The van der Waals surface area contributed by atoms with Gasteiger partial charge in [0, 0.05) is 18.7 Å². The Morgan fingerprint density at radius 3 is 2.46 bits per heavy atom. The van der Waals surface area contributed by atoms with Gasteiger partial charge in [-0.15, -0.1) is 0 Å². The lowest BCUT2D eigenvalue weighted by atomic mass is 9.75. The maximum Gasteiger partial charge on any atom is 0.0591 e. The highest BCUT2D eigenvalue weighted by Crippen LogP contribution is 2.34. The Bertz CT molecular complexity index is 127. The molecule has 0 spiro atoms. The van der Waals surface area contributed by atoms with Crippen molar-refractivity contribution in [1.29, 1.82) is 0 Å². The van der Waals surface area contributed by atoms with Crippen molar-refractivity contribution in [2.75, 3.05) is 19.8 Å². The van der Waals surface area contributed by atoms with Gasteiger partial charge in [-0.1, -0.05) is 13.8 Å². The summed E-state index contributed by atoms with van der Waals surface area (Å²) in [6.07, 6.45) is 6.50. The van der Waals surface area contributed by atoms with Crippen molar-refractivity contribution in [1.82, 2.24) is 5.32 Å². The highest BCUT2D eigenvalue weighted by atomic mass is 16.5. The average molecular weight is 185 g/mol. The van der Waals surface area contributed by atoms with E-state index in [0.29, 0.717) is 5.54 Å². The van der Waals surface area contributed by atoms with Gasteiger partial charge in [-0.05, 0) is 32.1 Å². The Hall–Kier alpha value is -0.0800. The molecular formula is C11H23NO. The lowest BCUT2D eigenvalue weighted by Crippen LogP contribution is -2.51. The molecule has 0 saturated heterocycles. The molecule has 2 nitrogen and oxygen atoms in total. The predicted octanol–water partition coefficient (Wildman–Crippen LogP) is 2.34. The van der Waals surface area contributed by atoms with Crippen LogP contribution in [0.3, 0.4) is 0 Å². The SMILES string of the molecule is CCCOCCNC1(CC)CCC1. The van der Waals surface area contributed by atoms with Gasteiger partial charge in [0.15, 0.2) is 0 Å². The number of hydrogen-bond donors (Lipinski definition) is 1. The van der Waals surface area contributed by atoms with E-state index in [0.717, 1.165) is 26.2 Å². The summed E-state index contributed by atoms with van der Waals surface area (Å²) in [4.78, 5) is 0. The number of rotatable bonds is 7. The molecule has 2 heteroatoms. The molecule has 0 aromatic carbocycles. The number of ether oxygens (including phenoxy) is 1. The summed E-state index contributed by atoms with van der Waals surface area (Å²) < 4.78 is 5.43. The van der Waals surface area contributed by atoms with Crippen LogP contribution in [0.2, 0.25) is 0 Å². The Labute approximate surface area is 82.0 Å². The monoisotopic (exact) mass is 185 g/mol. The Morgan fingerprint density at radius 2 is 2.00 bits per heavy atom. The maximum atomic E-state index is 5.43. The first-order valence-electron chi connectivity index (χ1n) is 5.66. The maximum absolute atomic E-state index is 5.43. The van der Waals surface area contributed by atoms with Gasteiger partial charge in [-0.25, -0.2) is 0 Å². The van der Waals surface area contributed by atoms with E-state index in [-0.39, 0.29) is 0 Å². The van der Waals surface area contributed by atoms with Crippen molar-refractivity contribution < 1.29 is 4.74 Å². The van der Waals surface area contributed by atoms with E-state index in [1.54, 1.807) is 0 Å². The van der Waals surface area contributed by atoms with Crippen LogP contribution in [0.1, 0.15) is 46.0 Å². The summed E-state index contributed by atoms with van der Waals surface area (Å²) in [5.74, 6) is 0. The third-order valence-electron chi connectivity index (χ3n) is 3.08. The molecule has 13 heavy (non-hydrogen) atoms. The van der Waals surface area contributed by atoms with Gasteiger partial charge in [0.2, 0.25) is 0 Å². The molecule has 1 rings (SSSR count). The molecule has 1 fully saturated rings. The number of hydrogen-bond acceptors (Lipinski definition) is 2. The average Bonchev–Trinajstić information content (AvgIpc) is 2.09. The zero-order valence-corrected chi connectivity index (χ0v) is 9.07. The molecule has 0 aromatic heterocycles. The van der Waals surface area contributed by atoms with Gasteiger partial charge in [0.05, 0.1) is 6.61 Å². The molecule has 0 radical (unpaired) electrons. The molecule has 1 aliphatic rings. The van der Waals surface area contributed by atoms with E-state index < -0.39 is 0 Å². The van der Waals surface area contributed by atoms with Gasteiger partial charge >= 0.3 is 0 Å². The van der Waals surface area contributed by atoms with Crippen molar-refractivity contribution in [3.8, 4) is 0 Å². The molecule has 0 heterocycles. The fourth-order valence-corrected chi connectivity index (χ4v) is 1.89. The molecule has 0 aliphatic heterocycles. The second-order valence-electron chi connectivity index (χ2n) is 4.03. The molecule has 0 aromatic rings. The first kappa shape index (κ1) is 11.0. The highest BCUT2D eigenvalue weighted by Gasteiger charge is 2.33. The van der Waals surface area contributed by atoms with E-state index in [9.17, 15) is 0 Å². The van der Waals surface area contributed by atoms with Crippen LogP contribution < -0.4 is 5.32 Å². The van der Waals surface area contributed by atoms with Crippen LogP contribution in [-0.4, -0.2) is 25.3 Å². The van der Waals surface area contributed by atoms with Crippen LogP contribution >= 0.6 is 0 Å². The smallest absolute Gasteiger partial charge is 0.0591 e. The molecule has 1 aliphatic carbocycles. The molecular weight excluding hydrogens is 162 g/mol. The van der Waals surface area contributed by atoms with Crippen LogP contribution in [-0.2, 0) is 4.74 Å². The van der Waals surface area contributed by atoms with E-state index >= 15 is 0 Å². The van der Waals surface area contributed by atoms with E-state index in [1.165, 1.54) is 25.7 Å². The summed E-state index contributed by atoms with van der Waals surface area (Å²) in [7, 11) is 0. The summed E-state index contributed by atoms with van der Waals surface area (Å²) in [5.41, 5.74) is 0.482. The van der Waals surface area contributed by atoms with Crippen molar-refractivity contribution >= 4 is 0 Å². The Kier molecular flexibility index (Phi) is 4.74. The largest absolute Gasteiger partial charge is 0.380 e. The second-order valence-corrected chi connectivity index (χ2v) is 4.03. The fourth-order valence-electron chi connectivity index (χ4n) is 1.89. The topological polar surface area (TPSA) is 21.3 Å². The van der Waals surface area contributed by atoms with Gasteiger partial charge in [-0.3, -0.25) is 0 Å². The third kappa shape index (κ3) is 3.28. The van der Waals surface area contributed by atoms with Gasteiger partial charge < -0.3 is 10.1 Å². The first-order valence-corrected chi connectivity index (χ1v) is 5.66. The van der Waals surface area contributed by atoms with Crippen molar-refractivity contribution in [2.24, 2.45) is 0 Å². The first-order chi connectivity index (χ1) is 6.33. The zero-order valence-electron chi connectivity index (χ0n) is 9.07. The molecule has 0 atom stereocenters. The molecule has 0 bridgehead atoms. The van der Waals surface area contributed by atoms with E-state index in [4.69, 9.17) is 4.74 Å².